The van der Waals surface area contributed by atoms with E-state index in [0.717, 1.165) is 30.6 Å². The van der Waals surface area contributed by atoms with E-state index in [2.05, 4.69) is 58.8 Å². The van der Waals surface area contributed by atoms with E-state index >= 15 is 0 Å². The second-order valence-electron chi connectivity index (χ2n) is 5.18. The summed E-state index contributed by atoms with van der Waals surface area (Å²) in [6, 6.07) is 10.7. The summed E-state index contributed by atoms with van der Waals surface area (Å²) in [5.41, 5.74) is 5.00. The van der Waals surface area contributed by atoms with Gasteiger partial charge < -0.3 is 10.7 Å². The van der Waals surface area contributed by atoms with Gasteiger partial charge in [-0.1, -0.05) is 43.7 Å². The lowest BCUT2D eigenvalue weighted by Crippen LogP contribution is -2.21. The van der Waals surface area contributed by atoms with Gasteiger partial charge in [-0.25, -0.2) is 15.8 Å². The quantitative estimate of drug-likeness (QED) is 0.539. The van der Waals surface area contributed by atoms with Crippen molar-refractivity contribution in [2.75, 3.05) is 10.7 Å². The van der Waals surface area contributed by atoms with Gasteiger partial charge in [0.25, 0.3) is 0 Å². The number of hydrazine groups is 1. The molecule has 0 aliphatic carbocycles. The van der Waals surface area contributed by atoms with Gasteiger partial charge in [0, 0.05) is 11.6 Å². The minimum absolute atomic E-state index is 0.281. The second-order valence-corrected chi connectivity index (χ2v) is 5.18. The van der Waals surface area contributed by atoms with Gasteiger partial charge in [-0.2, -0.15) is 0 Å². The van der Waals surface area contributed by atoms with Crippen LogP contribution < -0.4 is 16.6 Å². The Morgan fingerprint density at radius 1 is 1.14 bits per heavy atom. The number of anilines is 2. The first-order valence-electron chi connectivity index (χ1n) is 7.35. The van der Waals surface area contributed by atoms with Gasteiger partial charge in [0.1, 0.15) is 18.0 Å². The molecule has 2 aromatic rings. The van der Waals surface area contributed by atoms with Crippen molar-refractivity contribution in [3.05, 3.63) is 47.8 Å². The Balaban J connectivity index is 2.11. The summed E-state index contributed by atoms with van der Waals surface area (Å²) in [5.74, 6) is 7.10. The molecule has 21 heavy (non-hydrogen) atoms. The van der Waals surface area contributed by atoms with Crippen LogP contribution in [0.3, 0.4) is 0 Å². The predicted octanol–water partition coefficient (Wildman–Crippen LogP) is 2.76. The Morgan fingerprint density at radius 2 is 1.86 bits per heavy atom. The van der Waals surface area contributed by atoms with Gasteiger partial charge in [-0.05, 0) is 25.3 Å². The van der Waals surface area contributed by atoms with Crippen LogP contribution in [0.2, 0.25) is 0 Å². The summed E-state index contributed by atoms with van der Waals surface area (Å²) in [6.07, 6.45) is 4.39. The summed E-state index contributed by atoms with van der Waals surface area (Å²) in [7, 11) is 0. The molecule has 1 aromatic carbocycles. The van der Waals surface area contributed by atoms with Crippen molar-refractivity contribution in [3.63, 3.8) is 0 Å². The van der Waals surface area contributed by atoms with Crippen LogP contribution in [0.15, 0.2) is 36.7 Å². The first-order valence-corrected chi connectivity index (χ1v) is 7.35. The van der Waals surface area contributed by atoms with Crippen molar-refractivity contribution in [1.82, 2.24) is 9.97 Å². The molecule has 5 nitrogen and oxygen atoms in total. The first-order chi connectivity index (χ1) is 10.2. The summed E-state index contributed by atoms with van der Waals surface area (Å²) < 4.78 is 0. The zero-order valence-electron chi connectivity index (χ0n) is 12.6. The first kappa shape index (κ1) is 15.3. The van der Waals surface area contributed by atoms with Gasteiger partial charge in [0.15, 0.2) is 0 Å². The molecule has 0 amide bonds. The van der Waals surface area contributed by atoms with Crippen molar-refractivity contribution < 1.29 is 0 Å². The average molecular weight is 285 g/mol. The third kappa shape index (κ3) is 4.16. The molecule has 0 spiro atoms. The molecule has 0 bridgehead atoms. The molecule has 0 fully saturated rings. The van der Waals surface area contributed by atoms with Crippen LogP contribution in [0.1, 0.15) is 31.4 Å². The maximum Gasteiger partial charge on any atom is 0.148 e. The summed E-state index contributed by atoms with van der Waals surface area (Å²) in [4.78, 5) is 8.55. The predicted molar refractivity (Wildman–Crippen MR) is 87.1 cm³/mol. The van der Waals surface area contributed by atoms with Gasteiger partial charge >= 0.3 is 0 Å². The molecule has 0 aliphatic rings. The molecular formula is C16H23N5. The molecule has 4 N–H and O–H groups in total. The van der Waals surface area contributed by atoms with E-state index in [1.54, 1.807) is 0 Å². The Labute approximate surface area is 126 Å². The summed E-state index contributed by atoms with van der Waals surface area (Å²) in [6.45, 7) is 4.28. The molecule has 0 aliphatic heterocycles. The number of nitrogens with zero attached hydrogens (tertiary/aromatic N) is 2. The summed E-state index contributed by atoms with van der Waals surface area (Å²) >= 11 is 0. The minimum atomic E-state index is 0.281. The van der Waals surface area contributed by atoms with E-state index in [1.807, 2.05) is 6.07 Å². The normalized spacial score (nSPS) is 12.0. The molecule has 1 heterocycles. The molecular weight excluding hydrogens is 262 g/mol. The van der Waals surface area contributed by atoms with Gasteiger partial charge in [-0.15, -0.1) is 0 Å². The standard InChI is InChI=1S/C16H23N5/c1-3-7-14-15(18-11-19-16(14)21-17)20-12(2)10-13-8-5-4-6-9-13/h4-6,8-9,11-12H,3,7,10,17H2,1-2H3,(H2,18,19,20,21). The van der Waals surface area contributed by atoms with Crippen molar-refractivity contribution in [3.8, 4) is 0 Å². The fourth-order valence-electron chi connectivity index (χ4n) is 2.40. The van der Waals surface area contributed by atoms with Gasteiger partial charge in [0.2, 0.25) is 0 Å². The number of nitrogens with two attached hydrogens (primary N) is 1. The third-order valence-corrected chi connectivity index (χ3v) is 3.35. The van der Waals surface area contributed by atoms with E-state index in [0.29, 0.717) is 5.82 Å². The highest BCUT2D eigenvalue weighted by Gasteiger charge is 2.12. The molecule has 0 saturated heterocycles. The molecule has 1 aromatic heterocycles. The number of rotatable bonds is 7. The molecule has 0 saturated carbocycles. The van der Waals surface area contributed by atoms with Crippen molar-refractivity contribution in [1.29, 1.82) is 0 Å². The summed E-state index contributed by atoms with van der Waals surface area (Å²) in [5, 5.41) is 3.47. The molecule has 2 rings (SSSR count). The van der Waals surface area contributed by atoms with Crippen molar-refractivity contribution in [2.45, 2.75) is 39.2 Å². The van der Waals surface area contributed by atoms with Crippen LogP contribution in [0.25, 0.3) is 0 Å². The maximum atomic E-state index is 5.54. The van der Waals surface area contributed by atoms with E-state index in [-0.39, 0.29) is 6.04 Å². The number of nitrogen functional groups attached to an aromatic ring is 1. The Morgan fingerprint density at radius 3 is 2.52 bits per heavy atom. The van der Waals surface area contributed by atoms with Crippen LogP contribution in [-0.2, 0) is 12.8 Å². The lowest BCUT2D eigenvalue weighted by molar-refractivity contribution is 0.776. The average Bonchev–Trinajstić information content (AvgIpc) is 2.50. The van der Waals surface area contributed by atoms with Crippen LogP contribution in [0.4, 0.5) is 11.6 Å². The number of hydrogen-bond acceptors (Lipinski definition) is 5. The molecule has 5 heteroatoms. The zero-order chi connectivity index (χ0) is 15.1. The van der Waals surface area contributed by atoms with Gasteiger partial charge in [-0.3, -0.25) is 0 Å². The highest BCUT2D eigenvalue weighted by atomic mass is 15.3. The molecule has 1 unspecified atom stereocenters. The highest BCUT2D eigenvalue weighted by Crippen LogP contribution is 2.22. The van der Waals surface area contributed by atoms with E-state index < -0.39 is 0 Å². The largest absolute Gasteiger partial charge is 0.367 e. The third-order valence-electron chi connectivity index (χ3n) is 3.35. The fourth-order valence-corrected chi connectivity index (χ4v) is 2.40. The number of hydrogen-bond donors (Lipinski definition) is 3. The van der Waals surface area contributed by atoms with Crippen LogP contribution in [-0.4, -0.2) is 16.0 Å². The van der Waals surface area contributed by atoms with Crippen molar-refractivity contribution >= 4 is 11.6 Å². The lowest BCUT2D eigenvalue weighted by atomic mass is 10.1. The maximum absolute atomic E-state index is 5.54. The lowest BCUT2D eigenvalue weighted by Gasteiger charge is -2.18. The van der Waals surface area contributed by atoms with E-state index in [9.17, 15) is 0 Å². The topological polar surface area (TPSA) is 75.9 Å². The van der Waals surface area contributed by atoms with Crippen LogP contribution >= 0.6 is 0 Å². The SMILES string of the molecule is CCCc1c(NN)ncnc1NC(C)Cc1ccccc1. The molecule has 112 valence electrons. The Kier molecular flexibility index (Phi) is 5.51. The monoisotopic (exact) mass is 285 g/mol. The highest BCUT2D eigenvalue weighted by molar-refractivity contribution is 5.57. The number of nitrogens with one attached hydrogen (secondary N) is 2. The van der Waals surface area contributed by atoms with Crippen LogP contribution in [0.5, 0.6) is 0 Å². The Bertz CT molecular complexity index is 556. The molecule has 1 atom stereocenters. The van der Waals surface area contributed by atoms with E-state index in [4.69, 9.17) is 5.84 Å². The molecule has 0 radical (unpaired) electrons. The van der Waals surface area contributed by atoms with Gasteiger partial charge in [0.05, 0.1) is 0 Å². The fraction of sp³-hybridized carbons (Fsp3) is 0.375. The van der Waals surface area contributed by atoms with Crippen LogP contribution in [0, 0.1) is 0 Å². The number of benzene rings is 1. The second kappa shape index (κ2) is 7.59. The van der Waals surface area contributed by atoms with Crippen molar-refractivity contribution in [2.24, 2.45) is 5.84 Å². The zero-order valence-corrected chi connectivity index (χ0v) is 12.6. The smallest absolute Gasteiger partial charge is 0.148 e. The Hall–Kier alpha value is -2.14. The minimum Gasteiger partial charge on any atom is -0.367 e. The van der Waals surface area contributed by atoms with E-state index in [1.165, 1.54) is 11.9 Å². The number of aromatic nitrogens is 2.